The molecule has 1 aliphatic rings. The molecule has 0 N–H and O–H groups in total. The highest BCUT2D eigenvalue weighted by Crippen LogP contribution is 2.22. The number of alkyl halides is 1. The molecule has 1 aliphatic heterocycles. The summed E-state index contributed by atoms with van der Waals surface area (Å²) in [5, 5.41) is 0. The van der Waals surface area contributed by atoms with E-state index < -0.39 is 5.56 Å². The number of rotatable bonds is 4. The Morgan fingerprint density at radius 1 is 1.24 bits per heavy atom. The van der Waals surface area contributed by atoms with Gasteiger partial charge in [-0.2, -0.15) is 0 Å². The number of amides is 2. The van der Waals surface area contributed by atoms with E-state index in [1.54, 1.807) is 24.3 Å². The van der Waals surface area contributed by atoms with Gasteiger partial charge >= 0.3 is 0 Å². The van der Waals surface area contributed by atoms with Crippen molar-refractivity contribution >= 4 is 23.4 Å². The van der Waals surface area contributed by atoms with Crippen LogP contribution in [0.1, 0.15) is 27.1 Å². The summed E-state index contributed by atoms with van der Waals surface area (Å²) in [7, 11) is 1.49. The first kappa shape index (κ1) is 12.1. The zero-order chi connectivity index (χ0) is 12.4. The Labute approximate surface area is 104 Å². The molecule has 2 amide bonds. The van der Waals surface area contributed by atoms with Gasteiger partial charge in [0.25, 0.3) is 11.8 Å². The second kappa shape index (κ2) is 4.85. The molecule has 5 heteroatoms. The molecular formula is C12H12ClNO3. The van der Waals surface area contributed by atoms with E-state index in [9.17, 15) is 9.59 Å². The third-order valence-corrected chi connectivity index (χ3v) is 3.11. The summed E-state index contributed by atoms with van der Waals surface area (Å²) >= 11 is 5.78. The van der Waals surface area contributed by atoms with Crippen molar-refractivity contribution in [2.45, 2.75) is 12.0 Å². The smallest absolute Gasteiger partial charge is 0.261 e. The lowest BCUT2D eigenvalue weighted by Gasteiger charge is -2.15. The van der Waals surface area contributed by atoms with Crippen molar-refractivity contribution in [1.29, 1.82) is 0 Å². The van der Waals surface area contributed by atoms with Gasteiger partial charge in [0.15, 0.2) is 0 Å². The van der Waals surface area contributed by atoms with Crippen molar-refractivity contribution in [3.05, 3.63) is 35.4 Å². The summed E-state index contributed by atoms with van der Waals surface area (Å²) < 4.78 is 4.87. The second-order valence-electron chi connectivity index (χ2n) is 3.74. The Kier molecular flexibility index (Phi) is 3.45. The Hall–Kier alpha value is -1.39. The number of halogens is 1. The molecule has 0 aliphatic carbocycles. The Bertz CT molecular complexity index is 426. The zero-order valence-corrected chi connectivity index (χ0v) is 10.1. The highest BCUT2D eigenvalue weighted by molar-refractivity contribution is 6.21. The number of hydrogen-bond acceptors (Lipinski definition) is 3. The van der Waals surface area contributed by atoms with Gasteiger partial charge in [0.2, 0.25) is 0 Å². The lowest BCUT2D eigenvalue weighted by molar-refractivity contribution is 0.0629. The molecule has 0 saturated heterocycles. The molecule has 17 heavy (non-hydrogen) atoms. The molecule has 1 aromatic carbocycles. The van der Waals surface area contributed by atoms with Gasteiger partial charge in [-0.05, 0) is 12.1 Å². The van der Waals surface area contributed by atoms with Crippen LogP contribution in [0.5, 0.6) is 0 Å². The predicted molar refractivity (Wildman–Crippen MR) is 63.1 cm³/mol. The number of carbonyl (C=O) groups excluding carboxylic acids is 2. The first-order chi connectivity index (χ1) is 8.15. The van der Waals surface area contributed by atoms with Crippen molar-refractivity contribution in [3.63, 3.8) is 0 Å². The van der Waals surface area contributed by atoms with Crippen molar-refractivity contribution in [1.82, 2.24) is 4.90 Å². The summed E-state index contributed by atoms with van der Waals surface area (Å²) in [5.41, 5.74) is 0.432. The Balaban J connectivity index is 2.13. The number of imide groups is 1. The van der Waals surface area contributed by atoms with Crippen LogP contribution in [0, 0.1) is 0 Å². The highest BCUT2D eigenvalue weighted by Gasteiger charge is 2.34. The summed E-state index contributed by atoms with van der Waals surface area (Å²) in [6.07, 6.45) is 0.420. The van der Waals surface area contributed by atoms with Crippen molar-refractivity contribution in [2.24, 2.45) is 0 Å². The number of nitrogens with zero attached hydrogens (tertiary/aromatic N) is 1. The van der Waals surface area contributed by atoms with Crippen LogP contribution in [0.15, 0.2) is 24.3 Å². The number of benzene rings is 1. The summed E-state index contributed by atoms with van der Waals surface area (Å²) in [4.78, 5) is 25.1. The molecule has 1 aromatic rings. The Morgan fingerprint density at radius 2 is 1.76 bits per heavy atom. The monoisotopic (exact) mass is 253 g/mol. The fourth-order valence-corrected chi connectivity index (χ4v) is 1.89. The minimum Gasteiger partial charge on any atom is -0.366 e. The molecule has 0 radical (unpaired) electrons. The number of carbonyl (C=O) groups is 2. The van der Waals surface area contributed by atoms with Crippen LogP contribution in [0.2, 0.25) is 0 Å². The van der Waals surface area contributed by atoms with Crippen LogP contribution < -0.4 is 0 Å². The molecule has 1 unspecified atom stereocenters. The van der Waals surface area contributed by atoms with Gasteiger partial charge in [-0.1, -0.05) is 23.7 Å². The van der Waals surface area contributed by atoms with Gasteiger partial charge in [0.05, 0.1) is 11.1 Å². The van der Waals surface area contributed by atoms with Gasteiger partial charge in [0, 0.05) is 20.1 Å². The molecule has 0 saturated carbocycles. The largest absolute Gasteiger partial charge is 0.366 e. The molecule has 0 aromatic heterocycles. The highest BCUT2D eigenvalue weighted by atomic mass is 35.5. The summed E-state index contributed by atoms with van der Waals surface area (Å²) in [6, 6.07) is 6.80. The number of fused-ring (bicyclic) bond motifs is 1. The third kappa shape index (κ3) is 2.18. The van der Waals surface area contributed by atoms with Gasteiger partial charge in [-0.15, -0.1) is 0 Å². The van der Waals surface area contributed by atoms with Crippen molar-refractivity contribution < 1.29 is 14.3 Å². The molecule has 1 heterocycles. The van der Waals surface area contributed by atoms with Crippen LogP contribution >= 0.6 is 11.6 Å². The van der Waals surface area contributed by atoms with Crippen LogP contribution in [-0.4, -0.2) is 35.9 Å². The standard InChI is InChI=1S/C12H12ClNO3/c1-17-10(13)6-7-14-11(15)8-4-2-3-5-9(8)12(14)16/h2-5,10H,6-7H2,1H3. The third-order valence-electron chi connectivity index (χ3n) is 2.71. The van der Waals surface area contributed by atoms with E-state index in [2.05, 4.69) is 0 Å². The molecular weight excluding hydrogens is 242 g/mol. The lowest BCUT2D eigenvalue weighted by atomic mass is 10.1. The van der Waals surface area contributed by atoms with Crippen LogP contribution in [0.25, 0.3) is 0 Å². The minimum absolute atomic E-state index is 0.259. The SMILES string of the molecule is COC(Cl)CCN1C(=O)c2ccccc2C1=O. The quantitative estimate of drug-likeness (QED) is 0.608. The van der Waals surface area contributed by atoms with E-state index in [1.807, 2.05) is 0 Å². The number of methoxy groups -OCH3 is 1. The van der Waals surface area contributed by atoms with Gasteiger partial charge in [0.1, 0.15) is 5.56 Å². The van der Waals surface area contributed by atoms with Gasteiger partial charge in [-0.25, -0.2) is 0 Å². The summed E-state index contributed by atoms with van der Waals surface area (Å²) in [6.45, 7) is 0.272. The van der Waals surface area contributed by atoms with Crippen LogP contribution in [0.4, 0.5) is 0 Å². The maximum atomic E-state index is 11.9. The van der Waals surface area contributed by atoms with E-state index >= 15 is 0 Å². The maximum absolute atomic E-state index is 11.9. The average Bonchev–Trinajstić information content (AvgIpc) is 2.60. The van der Waals surface area contributed by atoms with E-state index in [0.29, 0.717) is 17.5 Å². The molecule has 4 nitrogen and oxygen atoms in total. The first-order valence-electron chi connectivity index (χ1n) is 5.27. The Morgan fingerprint density at radius 3 is 2.24 bits per heavy atom. The molecule has 0 spiro atoms. The second-order valence-corrected chi connectivity index (χ2v) is 4.23. The fourth-order valence-electron chi connectivity index (χ4n) is 1.79. The minimum atomic E-state index is -0.487. The average molecular weight is 254 g/mol. The van der Waals surface area contributed by atoms with Crippen LogP contribution in [0.3, 0.4) is 0 Å². The van der Waals surface area contributed by atoms with Crippen molar-refractivity contribution in [3.8, 4) is 0 Å². The fraction of sp³-hybridized carbons (Fsp3) is 0.333. The van der Waals surface area contributed by atoms with Crippen LogP contribution in [-0.2, 0) is 4.74 Å². The topological polar surface area (TPSA) is 46.6 Å². The summed E-state index contributed by atoms with van der Waals surface area (Å²) in [5.74, 6) is -0.517. The molecule has 0 bridgehead atoms. The lowest BCUT2D eigenvalue weighted by Crippen LogP contribution is -2.32. The van der Waals surface area contributed by atoms with E-state index in [-0.39, 0.29) is 18.4 Å². The number of hydrogen-bond donors (Lipinski definition) is 0. The number of ether oxygens (including phenoxy) is 1. The maximum Gasteiger partial charge on any atom is 0.261 e. The van der Waals surface area contributed by atoms with E-state index in [1.165, 1.54) is 12.0 Å². The van der Waals surface area contributed by atoms with Gasteiger partial charge in [-0.3, -0.25) is 14.5 Å². The zero-order valence-electron chi connectivity index (χ0n) is 9.35. The van der Waals surface area contributed by atoms with E-state index in [4.69, 9.17) is 16.3 Å². The first-order valence-corrected chi connectivity index (χ1v) is 5.71. The molecule has 0 fully saturated rings. The van der Waals surface area contributed by atoms with Gasteiger partial charge < -0.3 is 4.74 Å². The molecule has 1 atom stereocenters. The molecule has 2 rings (SSSR count). The normalized spacial score (nSPS) is 16.2. The molecule has 90 valence electrons. The van der Waals surface area contributed by atoms with Crippen molar-refractivity contribution in [2.75, 3.05) is 13.7 Å². The van der Waals surface area contributed by atoms with E-state index in [0.717, 1.165) is 0 Å². The predicted octanol–water partition coefficient (Wildman–Crippen LogP) is 1.88.